The van der Waals surface area contributed by atoms with E-state index >= 15 is 0 Å². The minimum atomic E-state index is -0.556. The van der Waals surface area contributed by atoms with E-state index in [1.165, 1.54) is 12.0 Å². The summed E-state index contributed by atoms with van der Waals surface area (Å²) in [7, 11) is 0. The highest BCUT2D eigenvalue weighted by Gasteiger charge is 2.15. The van der Waals surface area contributed by atoms with Crippen molar-refractivity contribution in [3.8, 4) is 0 Å². The third-order valence-corrected chi connectivity index (χ3v) is 3.18. The molecule has 2 heteroatoms. The van der Waals surface area contributed by atoms with Crippen molar-refractivity contribution in [1.82, 2.24) is 5.32 Å². The van der Waals surface area contributed by atoms with Crippen LogP contribution in [0.2, 0.25) is 0 Å². The number of rotatable bonds is 8. The van der Waals surface area contributed by atoms with Gasteiger partial charge in [-0.1, -0.05) is 37.3 Å². The Kier molecular flexibility index (Phi) is 6.23. The zero-order chi connectivity index (χ0) is 12.6. The number of aryl methyl sites for hydroxylation is 1. The van der Waals surface area contributed by atoms with Crippen LogP contribution in [0.3, 0.4) is 0 Å². The first kappa shape index (κ1) is 14.2. The first-order chi connectivity index (χ1) is 8.14. The highest BCUT2D eigenvalue weighted by molar-refractivity contribution is 5.14. The fraction of sp³-hybridized carbons (Fsp3) is 0.600. The summed E-state index contributed by atoms with van der Waals surface area (Å²) in [5.74, 6) is 0. The Morgan fingerprint density at radius 2 is 1.88 bits per heavy atom. The molecule has 0 aliphatic carbocycles. The molecular formula is C15H25NO. The number of hydrogen-bond donors (Lipinski definition) is 2. The Morgan fingerprint density at radius 1 is 1.18 bits per heavy atom. The molecule has 0 aromatic heterocycles. The van der Waals surface area contributed by atoms with Gasteiger partial charge >= 0.3 is 0 Å². The van der Waals surface area contributed by atoms with E-state index < -0.39 is 5.60 Å². The zero-order valence-electron chi connectivity index (χ0n) is 11.1. The lowest BCUT2D eigenvalue weighted by Gasteiger charge is -2.21. The first-order valence-electron chi connectivity index (χ1n) is 6.61. The van der Waals surface area contributed by atoms with Gasteiger partial charge in [0.2, 0.25) is 0 Å². The topological polar surface area (TPSA) is 32.3 Å². The highest BCUT2D eigenvalue weighted by Crippen LogP contribution is 2.06. The van der Waals surface area contributed by atoms with Gasteiger partial charge in [0.25, 0.3) is 0 Å². The van der Waals surface area contributed by atoms with E-state index in [9.17, 15) is 5.11 Å². The minimum absolute atomic E-state index is 0.556. The van der Waals surface area contributed by atoms with E-state index in [0.717, 1.165) is 25.8 Å². The lowest BCUT2D eigenvalue weighted by Crippen LogP contribution is -2.37. The standard InChI is InChI=1S/C15H25NO/c1-3-15(2,17)13-16-12-8-7-11-14-9-5-4-6-10-14/h4-6,9-10,16-17H,3,7-8,11-13H2,1-2H3. The second-order valence-electron chi connectivity index (χ2n) is 4.97. The lowest BCUT2D eigenvalue weighted by molar-refractivity contribution is 0.0560. The summed E-state index contributed by atoms with van der Waals surface area (Å²) in [6.07, 6.45) is 4.30. The van der Waals surface area contributed by atoms with Gasteiger partial charge in [0.15, 0.2) is 0 Å². The van der Waals surface area contributed by atoms with Crippen LogP contribution in [-0.2, 0) is 6.42 Å². The summed E-state index contributed by atoms with van der Waals surface area (Å²) in [6.45, 7) is 5.57. The van der Waals surface area contributed by atoms with Gasteiger partial charge in [-0.2, -0.15) is 0 Å². The SMILES string of the molecule is CCC(C)(O)CNCCCCc1ccccc1. The van der Waals surface area contributed by atoms with Crippen molar-refractivity contribution in [2.75, 3.05) is 13.1 Å². The number of hydrogen-bond acceptors (Lipinski definition) is 2. The van der Waals surface area contributed by atoms with E-state index in [0.29, 0.717) is 6.54 Å². The van der Waals surface area contributed by atoms with Crippen molar-refractivity contribution < 1.29 is 5.11 Å². The van der Waals surface area contributed by atoms with Gasteiger partial charge in [-0.05, 0) is 44.7 Å². The Hall–Kier alpha value is -0.860. The van der Waals surface area contributed by atoms with Gasteiger partial charge < -0.3 is 10.4 Å². The fourth-order valence-electron chi connectivity index (χ4n) is 1.71. The molecule has 0 saturated carbocycles. The molecule has 0 aliphatic rings. The lowest BCUT2D eigenvalue weighted by atomic mass is 10.0. The monoisotopic (exact) mass is 235 g/mol. The smallest absolute Gasteiger partial charge is 0.0740 e. The zero-order valence-corrected chi connectivity index (χ0v) is 11.1. The van der Waals surface area contributed by atoms with E-state index in [2.05, 4.69) is 35.6 Å². The molecule has 0 saturated heterocycles. The van der Waals surface area contributed by atoms with Crippen molar-refractivity contribution >= 4 is 0 Å². The maximum atomic E-state index is 9.80. The van der Waals surface area contributed by atoms with Gasteiger partial charge in [0.1, 0.15) is 0 Å². The maximum absolute atomic E-state index is 9.80. The molecule has 1 aromatic carbocycles. The molecule has 0 amide bonds. The van der Waals surface area contributed by atoms with Crippen LogP contribution in [0.25, 0.3) is 0 Å². The van der Waals surface area contributed by atoms with Crippen molar-refractivity contribution in [3.63, 3.8) is 0 Å². The molecule has 0 fully saturated rings. The molecule has 96 valence electrons. The average molecular weight is 235 g/mol. The van der Waals surface area contributed by atoms with E-state index in [4.69, 9.17) is 0 Å². The van der Waals surface area contributed by atoms with Gasteiger partial charge in [-0.25, -0.2) is 0 Å². The average Bonchev–Trinajstić information content (AvgIpc) is 2.35. The van der Waals surface area contributed by atoms with Crippen LogP contribution >= 0.6 is 0 Å². The van der Waals surface area contributed by atoms with Crippen molar-refractivity contribution in [2.24, 2.45) is 0 Å². The molecule has 0 radical (unpaired) electrons. The maximum Gasteiger partial charge on any atom is 0.0740 e. The molecule has 2 N–H and O–H groups in total. The Morgan fingerprint density at radius 3 is 2.53 bits per heavy atom. The molecule has 0 heterocycles. The van der Waals surface area contributed by atoms with Gasteiger partial charge in [-0.15, -0.1) is 0 Å². The van der Waals surface area contributed by atoms with Crippen LogP contribution in [0, 0.1) is 0 Å². The second-order valence-corrected chi connectivity index (χ2v) is 4.97. The Bertz CT molecular complexity index is 295. The predicted molar refractivity (Wildman–Crippen MR) is 73.2 cm³/mol. The van der Waals surface area contributed by atoms with Gasteiger partial charge in [-0.3, -0.25) is 0 Å². The van der Waals surface area contributed by atoms with Crippen LogP contribution in [0.4, 0.5) is 0 Å². The fourth-order valence-corrected chi connectivity index (χ4v) is 1.71. The van der Waals surface area contributed by atoms with Gasteiger partial charge in [0, 0.05) is 6.54 Å². The predicted octanol–water partition coefficient (Wildman–Crippen LogP) is 2.76. The molecule has 1 rings (SSSR count). The van der Waals surface area contributed by atoms with E-state index in [1.807, 2.05) is 13.8 Å². The van der Waals surface area contributed by atoms with E-state index in [1.54, 1.807) is 0 Å². The summed E-state index contributed by atoms with van der Waals surface area (Å²) in [4.78, 5) is 0. The molecule has 0 spiro atoms. The number of unbranched alkanes of at least 4 members (excludes halogenated alkanes) is 1. The summed E-state index contributed by atoms with van der Waals surface area (Å²) in [6, 6.07) is 10.6. The van der Waals surface area contributed by atoms with Crippen molar-refractivity contribution in [2.45, 2.75) is 45.1 Å². The molecule has 0 aliphatic heterocycles. The molecule has 2 nitrogen and oxygen atoms in total. The highest BCUT2D eigenvalue weighted by atomic mass is 16.3. The number of nitrogens with one attached hydrogen (secondary N) is 1. The summed E-state index contributed by atoms with van der Waals surface area (Å²) < 4.78 is 0. The number of aliphatic hydroxyl groups is 1. The molecule has 0 bridgehead atoms. The minimum Gasteiger partial charge on any atom is -0.389 e. The molecule has 1 aromatic rings. The van der Waals surface area contributed by atoms with Crippen LogP contribution in [0.5, 0.6) is 0 Å². The quantitative estimate of drug-likeness (QED) is 0.679. The third kappa shape index (κ3) is 6.44. The van der Waals surface area contributed by atoms with Crippen LogP contribution in [0.1, 0.15) is 38.7 Å². The summed E-state index contributed by atoms with van der Waals surface area (Å²) in [5.41, 5.74) is 0.854. The van der Waals surface area contributed by atoms with E-state index in [-0.39, 0.29) is 0 Å². The van der Waals surface area contributed by atoms with Crippen molar-refractivity contribution in [1.29, 1.82) is 0 Å². The molecule has 1 unspecified atom stereocenters. The van der Waals surface area contributed by atoms with Crippen LogP contribution in [-0.4, -0.2) is 23.8 Å². The molecular weight excluding hydrogens is 210 g/mol. The first-order valence-corrected chi connectivity index (χ1v) is 6.61. The van der Waals surface area contributed by atoms with Crippen molar-refractivity contribution in [3.05, 3.63) is 35.9 Å². The summed E-state index contributed by atoms with van der Waals surface area (Å²) in [5, 5.41) is 13.1. The molecule has 1 atom stereocenters. The van der Waals surface area contributed by atoms with Crippen LogP contribution < -0.4 is 5.32 Å². The summed E-state index contributed by atoms with van der Waals surface area (Å²) >= 11 is 0. The second kappa shape index (κ2) is 7.46. The molecule has 17 heavy (non-hydrogen) atoms. The Labute approximate surface area is 105 Å². The largest absolute Gasteiger partial charge is 0.389 e. The Balaban J connectivity index is 2.02. The number of benzene rings is 1. The third-order valence-electron chi connectivity index (χ3n) is 3.18. The van der Waals surface area contributed by atoms with Gasteiger partial charge in [0.05, 0.1) is 5.60 Å². The normalized spacial score (nSPS) is 14.5. The van der Waals surface area contributed by atoms with Crippen LogP contribution in [0.15, 0.2) is 30.3 Å².